The minimum Gasteiger partial charge on any atom is -0.466 e. The van der Waals surface area contributed by atoms with Crippen LogP contribution >= 0.6 is 11.3 Å². The molecule has 0 radical (unpaired) electrons. The summed E-state index contributed by atoms with van der Waals surface area (Å²) in [5, 5.41) is 8.81. The second-order valence-corrected chi connectivity index (χ2v) is 8.78. The molecule has 180 valence electrons. The Morgan fingerprint density at radius 1 is 1.00 bits per heavy atom. The molecule has 7 nitrogen and oxygen atoms in total. The lowest BCUT2D eigenvalue weighted by Gasteiger charge is -2.30. The van der Waals surface area contributed by atoms with Crippen LogP contribution in [0.15, 0.2) is 76.5 Å². The lowest BCUT2D eigenvalue weighted by atomic mass is 9.80. The van der Waals surface area contributed by atoms with Crippen molar-refractivity contribution >= 4 is 34.1 Å². The topological polar surface area (TPSA) is 89.5 Å². The number of nitrogens with one attached hydrogen (secondary N) is 2. The van der Waals surface area contributed by atoms with Gasteiger partial charge in [0.25, 0.3) is 0 Å². The van der Waals surface area contributed by atoms with Gasteiger partial charge in [-0.15, -0.1) is 11.3 Å². The molecule has 0 fully saturated rings. The average molecular weight is 494 g/mol. The van der Waals surface area contributed by atoms with Gasteiger partial charge in [-0.2, -0.15) is 0 Å². The highest BCUT2D eigenvalue weighted by molar-refractivity contribution is 7.14. The number of allylic oxidation sites excluding steroid dienone is 2. The summed E-state index contributed by atoms with van der Waals surface area (Å²) in [7, 11) is 2.61. The first-order valence-electron chi connectivity index (χ1n) is 10.8. The molecule has 35 heavy (non-hydrogen) atoms. The zero-order chi connectivity index (χ0) is 25.1. The van der Waals surface area contributed by atoms with Gasteiger partial charge in [-0.3, -0.25) is 0 Å². The zero-order valence-corrected chi connectivity index (χ0v) is 20.5. The van der Waals surface area contributed by atoms with Crippen molar-refractivity contribution in [3.05, 3.63) is 87.8 Å². The minimum absolute atomic E-state index is 0.325. The number of hydrogen-bond donors (Lipinski definition) is 2. The Bertz CT molecular complexity index is 1320. The third-order valence-electron chi connectivity index (χ3n) is 5.67. The Hall–Kier alpha value is -3.98. The average Bonchev–Trinajstić information content (AvgIpc) is 3.31. The van der Waals surface area contributed by atoms with Crippen LogP contribution in [-0.2, 0) is 19.1 Å². The van der Waals surface area contributed by atoms with Crippen molar-refractivity contribution in [3.63, 3.8) is 0 Å². The second-order valence-electron chi connectivity index (χ2n) is 7.92. The summed E-state index contributed by atoms with van der Waals surface area (Å²) in [5.41, 5.74) is 4.63. The predicted octanol–water partition coefficient (Wildman–Crippen LogP) is 5.27. The summed E-state index contributed by atoms with van der Waals surface area (Å²) in [4.78, 5) is 30.0. The van der Waals surface area contributed by atoms with Crippen LogP contribution < -0.4 is 10.6 Å². The smallest absolute Gasteiger partial charge is 0.336 e. The number of halogens is 1. The highest BCUT2D eigenvalue weighted by atomic mass is 32.1. The molecule has 0 unspecified atom stereocenters. The molecule has 0 aliphatic carbocycles. The maximum absolute atomic E-state index is 13.6. The maximum atomic E-state index is 13.6. The van der Waals surface area contributed by atoms with E-state index in [0.717, 1.165) is 0 Å². The Labute approximate surface area is 206 Å². The number of benzene rings is 2. The van der Waals surface area contributed by atoms with Gasteiger partial charge in [0.05, 0.1) is 37.0 Å². The summed E-state index contributed by atoms with van der Waals surface area (Å²) in [6.45, 7) is 3.53. The molecular formula is C26H24FN3O4S. The number of carbonyl (C=O) groups excluding carboxylic acids is 2. The summed E-state index contributed by atoms with van der Waals surface area (Å²) >= 11 is 1.38. The molecule has 2 heterocycles. The van der Waals surface area contributed by atoms with Crippen molar-refractivity contribution in [1.82, 2.24) is 10.3 Å². The lowest BCUT2D eigenvalue weighted by Crippen LogP contribution is -2.32. The Morgan fingerprint density at radius 3 is 2.29 bits per heavy atom. The maximum Gasteiger partial charge on any atom is 0.336 e. The molecule has 4 rings (SSSR count). The van der Waals surface area contributed by atoms with Gasteiger partial charge in [0, 0.05) is 28.0 Å². The van der Waals surface area contributed by atoms with Gasteiger partial charge >= 0.3 is 11.9 Å². The normalized spacial score (nSPS) is 14.0. The number of dihydropyridines is 1. The highest BCUT2D eigenvalue weighted by Crippen LogP contribution is 2.40. The summed E-state index contributed by atoms with van der Waals surface area (Å²) in [6, 6.07) is 13.6. The van der Waals surface area contributed by atoms with E-state index in [1.807, 2.05) is 29.6 Å². The first-order valence-corrected chi connectivity index (χ1v) is 11.6. The van der Waals surface area contributed by atoms with Crippen molar-refractivity contribution in [2.75, 3.05) is 19.5 Å². The van der Waals surface area contributed by atoms with E-state index in [9.17, 15) is 14.0 Å². The Morgan fingerprint density at radius 2 is 1.66 bits per heavy atom. The third kappa shape index (κ3) is 4.95. The third-order valence-corrected chi connectivity index (χ3v) is 6.42. The van der Waals surface area contributed by atoms with Crippen LogP contribution in [-0.4, -0.2) is 31.1 Å². The number of hydrogen-bond acceptors (Lipinski definition) is 8. The molecule has 1 aliphatic heterocycles. The van der Waals surface area contributed by atoms with E-state index < -0.39 is 17.9 Å². The van der Waals surface area contributed by atoms with E-state index in [4.69, 9.17) is 9.47 Å². The van der Waals surface area contributed by atoms with E-state index in [-0.39, 0.29) is 5.82 Å². The van der Waals surface area contributed by atoms with E-state index >= 15 is 0 Å². The predicted molar refractivity (Wildman–Crippen MR) is 133 cm³/mol. The molecule has 0 saturated carbocycles. The number of anilines is 2. The van der Waals surface area contributed by atoms with E-state index in [1.165, 1.54) is 37.7 Å². The van der Waals surface area contributed by atoms with Gasteiger partial charge in [-0.1, -0.05) is 24.3 Å². The number of thiazole rings is 1. The van der Waals surface area contributed by atoms with Crippen molar-refractivity contribution in [2.45, 2.75) is 19.8 Å². The number of ether oxygens (including phenoxy) is 2. The largest absolute Gasteiger partial charge is 0.466 e. The first kappa shape index (κ1) is 24.2. The molecule has 9 heteroatoms. The lowest BCUT2D eigenvalue weighted by molar-refractivity contribution is -0.137. The van der Waals surface area contributed by atoms with Crippen molar-refractivity contribution in [1.29, 1.82) is 0 Å². The molecule has 1 aromatic heterocycles. The molecule has 2 N–H and O–H groups in total. The molecule has 1 aliphatic rings. The SMILES string of the molecule is COC(=O)C1=C(C)NC(C)=C(C(=O)OC)C1c1cccc(Nc2nc(-c3cccc(F)c3)cs2)c1. The minimum atomic E-state index is -0.683. The molecule has 2 aromatic carbocycles. The zero-order valence-electron chi connectivity index (χ0n) is 19.6. The van der Waals surface area contributed by atoms with Crippen molar-refractivity contribution in [3.8, 4) is 11.3 Å². The number of carbonyl (C=O) groups is 2. The van der Waals surface area contributed by atoms with Crippen LogP contribution in [0.5, 0.6) is 0 Å². The monoisotopic (exact) mass is 493 g/mol. The summed E-state index contributed by atoms with van der Waals surface area (Å²) in [5.74, 6) is -2.08. The molecule has 0 bridgehead atoms. The molecule has 0 saturated heterocycles. The molecule has 0 amide bonds. The van der Waals surface area contributed by atoms with Gasteiger partial charge in [-0.25, -0.2) is 19.0 Å². The fourth-order valence-corrected chi connectivity index (χ4v) is 4.86. The Kier molecular flexibility index (Phi) is 6.97. The number of aromatic nitrogens is 1. The van der Waals surface area contributed by atoms with E-state index in [2.05, 4.69) is 15.6 Å². The van der Waals surface area contributed by atoms with Crippen LogP contribution in [0, 0.1) is 5.82 Å². The second kappa shape index (κ2) is 10.1. The van der Waals surface area contributed by atoms with Gasteiger partial charge in [-0.05, 0) is 43.7 Å². The summed E-state index contributed by atoms with van der Waals surface area (Å²) < 4.78 is 23.6. The van der Waals surface area contributed by atoms with Crippen LogP contribution in [0.2, 0.25) is 0 Å². The molecule has 3 aromatic rings. The first-order chi connectivity index (χ1) is 16.8. The van der Waals surface area contributed by atoms with Crippen LogP contribution in [0.4, 0.5) is 15.2 Å². The molecule has 0 spiro atoms. The number of nitrogens with zero attached hydrogens (tertiary/aromatic N) is 1. The Balaban J connectivity index is 1.70. The van der Waals surface area contributed by atoms with Crippen molar-refractivity contribution in [2.24, 2.45) is 0 Å². The summed E-state index contributed by atoms with van der Waals surface area (Å²) in [6.07, 6.45) is 0. The standard InChI is InChI=1S/C26H24FN3O4S/c1-14-21(24(31)33-3)23(22(15(2)28-14)25(32)34-4)17-8-6-10-19(12-17)29-26-30-20(13-35-26)16-7-5-9-18(27)11-16/h5-13,23,28H,1-4H3,(H,29,30). The van der Waals surface area contributed by atoms with E-state index in [1.54, 1.807) is 26.0 Å². The van der Waals surface area contributed by atoms with Gasteiger partial charge in [0.1, 0.15) is 5.82 Å². The van der Waals surface area contributed by atoms with Gasteiger partial charge < -0.3 is 20.1 Å². The number of methoxy groups -OCH3 is 2. The fraction of sp³-hybridized carbons (Fsp3) is 0.192. The number of esters is 2. The van der Waals surface area contributed by atoms with Crippen LogP contribution in [0.25, 0.3) is 11.3 Å². The van der Waals surface area contributed by atoms with Crippen LogP contribution in [0.1, 0.15) is 25.3 Å². The van der Waals surface area contributed by atoms with Crippen LogP contribution in [0.3, 0.4) is 0 Å². The molecule has 0 atom stereocenters. The van der Waals surface area contributed by atoms with Crippen molar-refractivity contribution < 1.29 is 23.5 Å². The van der Waals surface area contributed by atoms with Gasteiger partial charge in [0.15, 0.2) is 5.13 Å². The number of rotatable bonds is 6. The van der Waals surface area contributed by atoms with Gasteiger partial charge in [0.2, 0.25) is 0 Å². The molecular weight excluding hydrogens is 469 g/mol. The van der Waals surface area contributed by atoms with E-state index in [0.29, 0.717) is 50.2 Å². The fourth-order valence-electron chi connectivity index (χ4n) is 4.12. The highest BCUT2D eigenvalue weighted by Gasteiger charge is 2.37. The quantitative estimate of drug-likeness (QED) is 0.452.